The van der Waals surface area contributed by atoms with E-state index in [9.17, 15) is 9.90 Å². The van der Waals surface area contributed by atoms with Crippen LogP contribution in [0.5, 0.6) is 5.75 Å². The molecule has 3 heteroatoms. The number of hydrogen-bond acceptors (Lipinski definition) is 3. The third-order valence-corrected chi connectivity index (χ3v) is 3.18. The molecule has 0 aliphatic rings. The van der Waals surface area contributed by atoms with E-state index < -0.39 is 5.97 Å². The van der Waals surface area contributed by atoms with E-state index in [-0.39, 0.29) is 0 Å². The highest BCUT2D eigenvalue weighted by Crippen LogP contribution is 2.13. The first-order chi connectivity index (χ1) is 10.2. The van der Waals surface area contributed by atoms with Gasteiger partial charge in [0, 0.05) is 5.56 Å². The van der Waals surface area contributed by atoms with E-state index in [2.05, 4.69) is 12.8 Å². The number of benzene rings is 1. The second-order valence-corrected chi connectivity index (χ2v) is 5.03. The first kappa shape index (κ1) is 17.1. The van der Waals surface area contributed by atoms with Crippen LogP contribution in [0.2, 0.25) is 0 Å². The molecule has 0 radical (unpaired) electrons. The molecule has 1 aromatic carbocycles. The number of carbonyl (C=O) groups is 1. The minimum Gasteiger partial charge on any atom is -0.537 e. The van der Waals surface area contributed by atoms with Crippen LogP contribution in [0.15, 0.2) is 24.3 Å². The topological polar surface area (TPSA) is 49.4 Å². The van der Waals surface area contributed by atoms with Crippen LogP contribution in [-0.4, -0.2) is 12.6 Å². The van der Waals surface area contributed by atoms with E-state index in [4.69, 9.17) is 4.74 Å². The van der Waals surface area contributed by atoms with Gasteiger partial charge in [0.1, 0.15) is 11.7 Å². The van der Waals surface area contributed by atoms with Gasteiger partial charge in [-0.15, -0.1) is 0 Å². The first-order valence-electron chi connectivity index (χ1n) is 7.68. The van der Waals surface area contributed by atoms with E-state index in [0.29, 0.717) is 5.56 Å². The molecule has 0 bridgehead atoms. The largest absolute Gasteiger partial charge is 0.537 e. The summed E-state index contributed by atoms with van der Waals surface area (Å²) in [7, 11) is 0. The predicted molar refractivity (Wildman–Crippen MR) is 81.8 cm³/mol. The standard InChI is InChI=1S/C18H24O3/c1-2-3-4-5-6-7-8-15-21-17-12-9-16(10-13-17)11-14-18(19)20/h9-10,12-13H,2-8,15H2,1H3,(H,19,20)/p-1. The van der Waals surface area contributed by atoms with Gasteiger partial charge in [0.05, 0.1) is 6.61 Å². The van der Waals surface area contributed by atoms with Gasteiger partial charge in [-0.1, -0.05) is 51.4 Å². The van der Waals surface area contributed by atoms with Gasteiger partial charge in [0.25, 0.3) is 0 Å². The molecule has 0 amide bonds. The molecule has 0 saturated carbocycles. The molecule has 0 heterocycles. The zero-order valence-corrected chi connectivity index (χ0v) is 12.7. The Kier molecular flexibility index (Phi) is 8.79. The van der Waals surface area contributed by atoms with E-state index >= 15 is 0 Å². The molecule has 1 rings (SSSR count). The van der Waals surface area contributed by atoms with E-state index in [1.165, 1.54) is 38.5 Å². The average molecular weight is 287 g/mol. The van der Waals surface area contributed by atoms with Crippen molar-refractivity contribution in [3.05, 3.63) is 29.8 Å². The van der Waals surface area contributed by atoms with Crippen LogP contribution in [0.3, 0.4) is 0 Å². The molecule has 0 fully saturated rings. The highest BCUT2D eigenvalue weighted by molar-refractivity contribution is 5.85. The van der Waals surface area contributed by atoms with E-state index in [0.717, 1.165) is 18.8 Å². The third kappa shape index (κ3) is 8.75. The second-order valence-electron chi connectivity index (χ2n) is 5.03. The van der Waals surface area contributed by atoms with Crippen LogP contribution in [0, 0.1) is 11.8 Å². The zero-order valence-electron chi connectivity index (χ0n) is 12.7. The number of carboxylic acid groups (broad SMARTS) is 1. The van der Waals surface area contributed by atoms with E-state index in [1.807, 2.05) is 5.92 Å². The molecule has 0 aliphatic carbocycles. The Bertz CT molecular complexity index is 465. The number of ether oxygens (including phenoxy) is 1. The number of aliphatic carboxylic acids is 1. The summed E-state index contributed by atoms with van der Waals surface area (Å²) < 4.78 is 5.64. The van der Waals surface area contributed by atoms with Crippen molar-refractivity contribution < 1.29 is 14.6 Å². The highest BCUT2D eigenvalue weighted by Gasteiger charge is 1.95. The van der Waals surface area contributed by atoms with Crippen LogP contribution in [0.4, 0.5) is 0 Å². The lowest BCUT2D eigenvalue weighted by Gasteiger charge is -2.06. The summed E-state index contributed by atoms with van der Waals surface area (Å²) in [4.78, 5) is 10.2. The molecular formula is C18H23O3-. The lowest BCUT2D eigenvalue weighted by atomic mass is 10.1. The summed E-state index contributed by atoms with van der Waals surface area (Å²) in [5.41, 5.74) is 0.641. The molecule has 0 unspecified atom stereocenters. The Morgan fingerprint density at radius 2 is 1.67 bits per heavy atom. The SMILES string of the molecule is CCCCCCCCCOc1ccc(C#CC(=O)[O-])cc1. The monoisotopic (exact) mass is 287 g/mol. The highest BCUT2D eigenvalue weighted by atomic mass is 16.5. The average Bonchev–Trinajstić information content (AvgIpc) is 2.49. The Morgan fingerprint density at radius 1 is 1.05 bits per heavy atom. The molecule has 0 aliphatic heterocycles. The van der Waals surface area contributed by atoms with Crippen LogP contribution >= 0.6 is 0 Å². The molecule has 0 spiro atoms. The fraction of sp³-hybridized carbons (Fsp3) is 0.500. The molecule has 0 atom stereocenters. The van der Waals surface area contributed by atoms with Crippen molar-refractivity contribution in [1.82, 2.24) is 0 Å². The molecule has 0 aromatic heterocycles. The third-order valence-electron chi connectivity index (χ3n) is 3.18. The molecule has 1 aromatic rings. The van der Waals surface area contributed by atoms with Crippen LogP contribution in [-0.2, 0) is 4.79 Å². The van der Waals surface area contributed by atoms with Gasteiger partial charge in [-0.2, -0.15) is 0 Å². The van der Waals surface area contributed by atoms with Crippen LogP contribution in [0.25, 0.3) is 0 Å². The maximum Gasteiger partial charge on any atom is 0.119 e. The van der Waals surface area contributed by atoms with Crippen molar-refractivity contribution in [1.29, 1.82) is 0 Å². The summed E-state index contributed by atoms with van der Waals surface area (Å²) in [6.07, 6.45) is 8.83. The fourth-order valence-corrected chi connectivity index (χ4v) is 2.01. The van der Waals surface area contributed by atoms with Crippen molar-refractivity contribution in [3.8, 4) is 17.6 Å². The van der Waals surface area contributed by atoms with Gasteiger partial charge in [-0.3, -0.25) is 0 Å². The second kappa shape index (κ2) is 10.8. The number of unbranched alkanes of at least 4 members (excludes halogenated alkanes) is 6. The summed E-state index contributed by atoms with van der Waals surface area (Å²) in [5.74, 6) is 3.91. The maximum absolute atomic E-state index is 10.2. The smallest absolute Gasteiger partial charge is 0.119 e. The van der Waals surface area contributed by atoms with E-state index in [1.54, 1.807) is 24.3 Å². The zero-order chi connectivity index (χ0) is 15.3. The first-order valence-corrected chi connectivity index (χ1v) is 7.68. The minimum atomic E-state index is -1.37. The fourth-order valence-electron chi connectivity index (χ4n) is 2.01. The molecule has 0 N–H and O–H groups in total. The Balaban J connectivity index is 2.16. The van der Waals surface area contributed by atoms with Crippen molar-refractivity contribution in [2.24, 2.45) is 0 Å². The van der Waals surface area contributed by atoms with Crippen LogP contribution < -0.4 is 9.84 Å². The van der Waals surface area contributed by atoms with Crippen LogP contribution in [0.1, 0.15) is 57.4 Å². The molecule has 114 valence electrons. The summed E-state index contributed by atoms with van der Waals surface area (Å²) in [6, 6.07) is 7.10. The predicted octanol–water partition coefficient (Wildman–Crippen LogP) is 2.92. The van der Waals surface area contributed by atoms with Crippen molar-refractivity contribution in [2.45, 2.75) is 51.9 Å². The van der Waals surface area contributed by atoms with Crippen molar-refractivity contribution in [3.63, 3.8) is 0 Å². The Hall–Kier alpha value is -1.95. The molecule has 0 saturated heterocycles. The summed E-state index contributed by atoms with van der Waals surface area (Å²) >= 11 is 0. The van der Waals surface area contributed by atoms with Gasteiger partial charge in [0.15, 0.2) is 0 Å². The number of carbonyl (C=O) groups excluding carboxylic acids is 1. The normalized spacial score (nSPS) is 9.76. The lowest BCUT2D eigenvalue weighted by molar-refractivity contribution is -0.295. The number of carboxylic acids is 1. The van der Waals surface area contributed by atoms with Gasteiger partial charge >= 0.3 is 0 Å². The Morgan fingerprint density at radius 3 is 2.29 bits per heavy atom. The quantitative estimate of drug-likeness (QED) is 0.518. The Labute approximate surface area is 127 Å². The van der Waals surface area contributed by atoms with Gasteiger partial charge in [0.2, 0.25) is 0 Å². The molecule has 21 heavy (non-hydrogen) atoms. The van der Waals surface area contributed by atoms with Gasteiger partial charge < -0.3 is 14.6 Å². The maximum atomic E-state index is 10.2. The van der Waals surface area contributed by atoms with Crippen molar-refractivity contribution in [2.75, 3.05) is 6.61 Å². The number of rotatable bonds is 9. The van der Waals surface area contributed by atoms with Crippen molar-refractivity contribution >= 4 is 5.97 Å². The summed E-state index contributed by atoms with van der Waals surface area (Å²) in [5, 5.41) is 10.2. The summed E-state index contributed by atoms with van der Waals surface area (Å²) in [6.45, 7) is 2.95. The van der Waals surface area contributed by atoms with Gasteiger partial charge in [-0.25, -0.2) is 0 Å². The minimum absolute atomic E-state index is 0.641. The lowest BCUT2D eigenvalue weighted by Crippen LogP contribution is -2.19. The number of hydrogen-bond donors (Lipinski definition) is 0. The molecular weight excluding hydrogens is 264 g/mol. The van der Waals surface area contributed by atoms with Gasteiger partial charge in [-0.05, 0) is 36.6 Å². The molecule has 3 nitrogen and oxygen atoms in total.